The Hall–Kier alpha value is -2.69. The molecule has 0 spiro atoms. The van der Waals surface area contributed by atoms with Gasteiger partial charge < -0.3 is 46.6 Å². The molecule has 0 radical (unpaired) electrons. The predicted molar refractivity (Wildman–Crippen MR) is 320 cm³/mol. The van der Waals surface area contributed by atoms with Crippen molar-refractivity contribution in [1.82, 2.24) is 0 Å². The van der Waals surface area contributed by atoms with Crippen molar-refractivity contribution in [3.05, 3.63) is 205 Å². The average molecular weight is 1170 g/mol. The number of ether oxygens (including phenoxy) is 4. The summed E-state index contributed by atoms with van der Waals surface area (Å²) in [6, 6.07) is 66.8. The van der Waals surface area contributed by atoms with Crippen LogP contribution in [0.5, 0.6) is 17.2 Å². The molecule has 0 amide bonds. The number of hydrogen-bond acceptors (Lipinski definition) is 5. The first kappa shape index (κ1) is 74.4. The van der Waals surface area contributed by atoms with Crippen LogP contribution < -0.4 is 39.0 Å². The van der Waals surface area contributed by atoms with Crippen LogP contribution in [0.3, 0.4) is 0 Å². The number of halogens is 4. The molecule has 0 saturated carbocycles. The summed E-state index contributed by atoms with van der Waals surface area (Å²) in [5, 5.41) is 0.660. The minimum absolute atomic E-state index is 0. The zero-order chi connectivity index (χ0) is 52.3. The molecule has 1 heterocycles. The van der Waals surface area contributed by atoms with Crippen LogP contribution in [0.4, 0.5) is 0 Å². The van der Waals surface area contributed by atoms with E-state index in [-0.39, 0.29) is 101 Å². The van der Waals surface area contributed by atoms with Crippen LogP contribution in [0.2, 0.25) is 24.7 Å². The van der Waals surface area contributed by atoms with E-state index < -0.39 is 18.2 Å². The second-order valence-electron chi connectivity index (χ2n) is 20.0. The van der Waals surface area contributed by atoms with E-state index in [1.165, 1.54) is 27.5 Å². The van der Waals surface area contributed by atoms with Crippen molar-refractivity contribution < 1.29 is 50.8 Å². The standard InChI is InChI=1S/C22H23OS.C12H10OS.C10H13ClO.C10H13O.C4H8O.C3H9ClSi.2ClH.2Mg.2H/c1-22(2,3)23-20-16-10-11-17-21(20)24(18-12-6-4-7-13-18)19-14-8-5-9-15-19;13-14(11-7-3-1-4-8-11)12-9-5-2-6-10-12;1-10(2,3)12-9-7-5-4-6-8(9)11;1-10(2,3)11-9-7-5-4-6-8-9;1-2-4-5-3-1;1-5(2,3)4;;;;;;/h4-17H,1-3H3;1-10H;4-7H,1-3H3;4-7H,1-3H3;1-4H2;1-3H3;2*1H;;;;/q+1;;;-1;;;;;2*+2;2*-1/p-2. The van der Waals surface area contributed by atoms with Gasteiger partial charge in [-0.25, -0.2) is 4.21 Å². The zero-order valence-electron chi connectivity index (χ0n) is 48.1. The molecule has 1 fully saturated rings. The quantitative estimate of drug-likeness (QED) is 0.0657. The van der Waals surface area contributed by atoms with Gasteiger partial charge in [0.05, 0.1) is 21.4 Å². The third-order valence-corrected chi connectivity index (χ3v) is 12.5. The summed E-state index contributed by atoms with van der Waals surface area (Å²) < 4.78 is 34.3. The van der Waals surface area contributed by atoms with Crippen LogP contribution in [0.15, 0.2) is 219 Å². The van der Waals surface area contributed by atoms with E-state index in [2.05, 4.69) is 125 Å². The fourth-order valence-corrected chi connectivity index (χ4v) is 9.32. The Balaban J connectivity index is -0.000000440. The van der Waals surface area contributed by atoms with Gasteiger partial charge in [0.2, 0.25) is 4.90 Å². The molecule has 14 heteroatoms. The van der Waals surface area contributed by atoms with Crippen LogP contribution in [0, 0.1) is 6.07 Å². The second-order valence-corrected chi connectivity index (χ2v) is 31.4. The van der Waals surface area contributed by atoms with Gasteiger partial charge in [0.15, 0.2) is 15.5 Å². The largest absolute Gasteiger partial charge is 2.00 e. The van der Waals surface area contributed by atoms with Crippen molar-refractivity contribution in [3.63, 3.8) is 0 Å². The van der Waals surface area contributed by atoms with Crippen LogP contribution in [0.25, 0.3) is 0 Å². The molecule has 5 nitrogen and oxygen atoms in total. The molecule has 8 rings (SSSR count). The van der Waals surface area contributed by atoms with Crippen molar-refractivity contribution >= 4 is 97.9 Å². The topological polar surface area (TPSA) is 54.0 Å². The summed E-state index contributed by atoms with van der Waals surface area (Å²) in [7, 11) is -2.37. The summed E-state index contributed by atoms with van der Waals surface area (Å²) in [5.41, 5.74) is -0.540. The molecule has 1 saturated heterocycles. The molecule has 7 aromatic rings. The molecule has 0 unspecified atom stereocenters. The van der Waals surface area contributed by atoms with Crippen LogP contribution >= 0.6 is 22.7 Å². The molecule has 400 valence electrons. The minimum Gasteiger partial charge on any atom is -1.00 e. The normalized spacial score (nSPS) is 11.5. The third-order valence-electron chi connectivity index (χ3n) is 8.53. The summed E-state index contributed by atoms with van der Waals surface area (Å²) in [6.07, 6.45) is 2.56. The molecule has 0 N–H and O–H groups in total. The van der Waals surface area contributed by atoms with Crippen LogP contribution in [-0.2, 0) is 26.4 Å². The zero-order valence-corrected chi connectivity index (χ0v) is 54.6. The Kier molecular flexibility index (Phi) is 38.5. The van der Waals surface area contributed by atoms with Crippen LogP contribution in [-0.4, -0.2) is 87.7 Å². The predicted octanol–water partition coefficient (Wildman–Crippen LogP) is 11.3. The van der Waals surface area contributed by atoms with E-state index in [1.807, 2.05) is 157 Å². The van der Waals surface area contributed by atoms with Gasteiger partial charge in [-0.05, 0) is 148 Å². The molecule has 75 heavy (non-hydrogen) atoms. The molecular formula is C61H78Cl4Mg2O5S2Si. The van der Waals surface area contributed by atoms with Crippen molar-refractivity contribution in [2.75, 3.05) is 13.2 Å². The molecule has 0 bridgehead atoms. The summed E-state index contributed by atoms with van der Waals surface area (Å²) in [6.45, 7) is 26.6. The summed E-state index contributed by atoms with van der Waals surface area (Å²) in [4.78, 5) is 5.52. The van der Waals surface area contributed by atoms with Crippen molar-refractivity contribution in [2.24, 2.45) is 0 Å². The number of para-hydroxylation sites is 3. The van der Waals surface area contributed by atoms with E-state index in [1.54, 1.807) is 0 Å². The molecule has 0 aliphatic carbocycles. The second kappa shape index (κ2) is 38.8. The van der Waals surface area contributed by atoms with Gasteiger partial charge in [0.1, 0.15) is 35.2 Å². The fourth-order valence-electron chi connectivity index (χ4n) is 5.90. The van der Waals surface area contributed by atoms with Gasteiger partial charge in [-0.15, -0.1) is 12.1 Å². The number of rotatable bonds is 8. The Labute approximate surface area is 515 Å². The van der Waals surface area contributed by atoms with Crippen molar-refractivity contribution in [3.8, 4) is 17.2 Å². The first-order chi connectivity index (χ1) is 33.5. The van der Waals surface area contributed by atoms with E-state index in [0.29, 0.717) is 5.02 Å². The summed E-state index contributed by atoms with van der Waals surface area (Å²) in [5.74, 6) is 2.51. The first-order valence-corrected chi connectivity index (χ1v) is 31.3. The maximum absolute atomic E-state index is 12.0. The summed E-state index contributed by atoms with van der Waals surface area (Å²) >= 11 is 11.6. The first-order valence-electron chi connectivity index (χ1n) is 24.0. The molecular weight excluding hydrogens is 1100 g/mol. The third kappa shape index (κ3) is 34.7. The Bertz CT molecular complexity index is 2450. The van der Waals surface area contributed by atoms with Gasteiger partial charge in [-0.2, -0.15) is 29.3 Å². The van der Waals surface area contributed by atoms with E-state index in [9.17, 15) is 4.21 Å². The molecule has 7 aromatic carbocycles. The molecule has 1 aliphatic heterocycles. The Morgan fingerprint density at radius 1 is 0.520 bits per heavy atom. The Morgan fingerprint density at radius 3 is 1.23 bits per heavy atom. The van der Waals surface area contributed by atoms with Gasteiger partial charge >= 0.3 is 46.1 Å². The molecule has 0 aromatic heterocycles. The molecule has 1 aliphatic rings. The van der Waals surface area contributed by atoms with Crippen molar-refractivity contribution in [2.45, 2.75) is 136 Å². The maximum Gasteiger partial charge on any atom is 2.00 e. The number of benzene rings is 7. The van der Waals surface area contributed by atoms with E-state index in [4.69, 9.17) is 41.6 Å². The average Bonchev–Trinajstić information content (AvgIpc) is 3.92. The van der Waals surface area contributed by atoms with Crippen molar-refractivity contribution in [1.29, 1.82) is 0 Å². The minimum atomic E-state index is -1.14. The van der Waals surface area contributed by atoms with Gasteiger partial charge in [0, 0.05) is 28.8 Å². The Morgan fingerprint density at radius 2 is 0.867 bits per heavy atom. The SMILES string of the molecule is C1CCOC1.CC(C)(C)Oc1[c-]cccc1.CC(C)(C)Oc1ccccc1Cl.CC(C)(C)Oc1ccccc1[S+](c1ccccc1)c1ccccc1.C[Si](C)(C)Cl.O=S(c1ccccc1)c1ccccc1.[Cl-].[Cl-].[H-].[H-].[Mg+2].[Mg+2]. The van der Waals surface area contributed by atoms with Gasteiger partial charge in [-0.1, -0.05) is 128 Å². The smallest absolute Gasteiger partial charge is 1.00 e. The van der Waals surface area contributed by atoms with Crippen LogP contribution in [0.1, 0.15) is 78.0 Å². The van der Waals surface area contributed by atoms with E-state index >= 15 is 0 Å². The number of hydrogen-bond donors (Lipinski definition) is 0. The van der Waals surface area contributed by atoms with E-state index in [0.717, 1.165) is 40.3 Å². The monoisotopic (exact) mass is 1170 g/mol. The van der Waals surface area contributed by atoms with Gasteiger partial charge in [0.25, 0.3) is 0 Å². The fraction of sp³-hybridized carbons (Fsp3) is 0.311. The van der Waals surface area contributed by atoms with Gasteiger partial charge in [-0.3, -0.25) is 0 Å². The maximum atomic E-state index is 12.0. The molecule has 0 atom stereocenters.